The molecule has 2 aliphatic heterocycles. The molecule has 154 valence electrons. The van der Waals surface area contributed by atoms with E-state index in [1.54, 1.807) is 6.92 Å². The zero-order valence-electron chi connectivity index (χ0n) is 16.8. The van der Waals surface area contributed by atoms with Gasteiger partial charge in [0.2, 0.25) is 11.8 Å². The average molecular weight is 397 g/mol. The van der Waals surface area contributed by atoms with Gasteiger partial charge in [-0.05, 0) is 32.1 Å². The van der Waals surface area contributed by atoms with Crippen molar-refractivity contribution >= 4 is 17.5 Å². The van der Waals surface area contributed by atoms with Crippen LogP contribution in [0.15, 0.2) is 10.9 Å². The molecule has 8 heteroatoms. The standard InChI is InChI=1S/C21H27N5O3/c1-13(27)25-9-3-2-7-18(25)17-11-19-22-16-8-10-24(20(28)14-5-4-6-14)12-15(16)21(29)26(19)23-17/h11,14,18,23H,2-10,12H2,1H3/t18-/m1/s1. The van der Waals surface area contributed by atoms with E-state index in [1.807, 2.05) is 15.9 Å². The summed E-state index contributed by atoms with van der Waals surface area (Å²) in [4.78, 5) is 46.3. The quantitative estimate of drug-likeness (QED) is 0.836. The molecule has 29 heavy (non-hydrogen) atoms. The largest absolute Gasteiger partial charge is 0.337 e. The Balaban J connectivity index is 1.48. The highest BCUT2D eigenvalue weighted by Gasteiger charge is 2.33. The number of hydrogen-bond acceptors (Lipinski definition) is 4. The molecule has 1 saturated heterocycles. The summed E-state index contributed by atoms with van der Waals surface area (Å²) in [6.07, 6.45) is 6.61. The van der Waals surface area contributed by atoms with Crippen LogP contribution >= 0.6 is 0 Å². The highest BCUT2D eigenvalue weighted by molar-refractivity contribution is 5.79. The molecule has 2 fully saturated rings. The topological polar surface area (TPSA) is 90.8 Å². The number of rotatable bonds is 2. The van der Waals surface area contributed by atoms with Gasteiger partial charge in [-0.15, -0.1) is 0 Å². The monoisotopic (exact) mass is 397 g/mol. The van der Waals surface area contributed by atoms with Crippen LogP contribution in [-0.4, -0.2) is 49.3 Å². The average Bonchev–Trinajstić information content (AvgIpc) is 3.11. The molecule has 1 aliphatic carbocycles. The highest BCUT2D eigenvalue weighted by Crippen LogP contribution is 2.31. The lowest BCUT2D eigenvalue weighted by molar-refractivity contribution is -0.139. The van der Waals surface area contributed by atoms with Gasteiger partial charge in [-0.1, -0.05) is 6.42 Å². The van der Waals surface area contributed by atoms with E-state index in [4.69, 9.17) is 4.98 Å². The van der Waals surface area contributed by atoms with E-state index in [1.165, 1.54) is 4.52 Å². The van der Waals surface area contributed by atoms with Crippen molar-refractivity contribution in [3.63, 3.8) is 0 Å². The molecular formula is C21H27N5O3. The fourth-order valence-corrected chi connectivity index (χ4v) is 4.90. The van der Waals surface area contributed by atoms with Crippen molar-refractivity contribution < 1.29 is 9.59 Å². The Morgan fingerprint density at radius 2 is 1.97 bits per heavy atom. The number of piperidine rings is 1. The van der Waals surface area contributed by atoms with Crippen LogP contribution in [0.3, 0.4) is 0 Å². The van der Waals surface area contributed by atoms with Crippen molar-refractivity contribution in [3.8, 4) is 0 Å². The van der Waals surface area contributed by atoms with Gasteiger partial charge >= 0.3 is 0 Å². The van der Waals surface area contributed by atoms with Gasteiger partial charge in [0.1, 0.15) is 0 Å². The van der Waals surface area contributed by atoms with Crippen LogP contribution in [0.2, 0.25) is 0 Å². The van der Waals surface area contributed by atoms with E-state index < -0.39 is 0 Å². The lowest BCUT2D eigenvalue weighted by Crippen LogP contribution is -2.44. The predicted octanol–water partition coefficient (Wildman–Crippen LogP) is 1.78. The van der Waals surface area contributed by atoms with Crippen LogP contribution < -0.4 is 5.56 Å². The van der Waals surface area contributed by atoms with E-state index in [-0.39, 0.29) is 29.3 Å². The molecule has 2 aromatic rings. The summed E-state index contributed by atoms with van der Waals surface area (Å²) >= 11 is 0. The number of likely N-dealkylation sites (tertiary alicyclic amines) is 1. The molecule has 1 atom stereocenters. The Bertz CT molecular complexity index is 1030. The van der Waals surface area contributed by atoms with Gasteiger partial charge in [-0.3, -0.25) is 19.5 Å². The smallest absolute Gasteiger partial charge is 0.277 e. The minimum Gasteiger partial charge on any atom is -0.337 e. The molecule has 1 saturated carbocycles. The van der Waals surface area contributed by atoms with Crippen molar-refractivity contribution in [1.29, 1.82) is 0 Å². The fourth-order valence-electron chi connectivity index (χ4n) is 4.90. The second-order valence-electron chi connectivity index (χ2n) is 8.61. The Labute approximate surface area is 168 Å². The minimum atomic E-state index is -0.132. The van der Waals surface area contributed by atoms with Crippen LogP contribution in [-0.2, 0) is 22.6 Å². The number of amides is 2. The fraction of sp³-hybridized carbons (Fsp3) is 0.619. The van der Waals surface area contributed by atoms with Crippen LogP contribution in [0, 0.1) is 5.92 Å². The summed E-state index contributed by atoms with van der Waals surface area (Å²) in [5.41, 5.74) is 2.73. The summed E-state index contributed by atoms with van der Waals surface area (Å²) < 4.78 is 1.48. The molecule has 2 aromatic heterocycles. The number of carbonyl (C=O) groups excluding carboxylic acids is 2. The van der Waals surface area contributed by atoms with Crippen molar-refractivity contribution in [1.82, 2.24) is 24.4 Å². The normalized spacial score (nSPS) is 22.4. The van der Waals surface area contributed by atoms with Gasteiger partial charge < -0.3 is 9.80 Å². The first-order chi connectivity index (χ1) is 14.0. The molecule has 8 nitrogen and oxygen atoms in total. The Kier molecular flexibility index (Phi) is 4.44. The zero-order chi connectivity index (χ0) is 20.1. The molecule has 3 aliphatic rings. The lowest BCUT2D eigenvalue weighted by Gasteiger charge is -2.34. The number of fused-ring (bicyclic) bond motifs is 2. The number of H-pyrrole nitrogens is 1. The predicted molar refractivity (Wildman–Crippen MR) is 106 cm³/mol. The van der Waals surface area contributed by atoms with Crippen molar-refractivity contribution in [2.45, 2.75) is 64.5 Å². The summed E-state index contributed by atoms with van der Waals surface area (Å²) in [5, 5.41) is 3.20. The number of aromatic amines is 1. The first-order valence-electron chi connectivity index (χ1n) is 10.7. The van der Waals surface area contributed by atoms with E-state index in [0.29, 0.717) is 30.7 Å². The summed E-state index contributed by atoms with van der Waals surface area (Å²) in [7, 11) is 0. The second-order valence-corrected chi connectivity index (χ2v) is 8.61. The third-order valence-corrected chi connectivity index (χ3v) is 6.81. The number of hydrogen-bond donors (Lipinski definition) is 1. The Morgan fingerprint density at radius 3 is 2.69 bits per heavy atom. The number of nitrogens with zero attached hydrogens (tertiary/aromatic N) is 4. The third-order valence-electron chi connectivity index (χ3n) is 6.81. The Morgan fingerprint density at radius 1 is 1.14 bits per heavy atom. The van der Waals surface area contributed by atoms with Crippen LogP contribution in [0.4, 0.5) is 0 Å². The van der Waals surface area contributed by atoms with Gasteiger partial charge in [0.25, 0.3) is 5.56 Å². The third kappa shape index (κ3) is 3.05. The summed E-state index contributed by atoms with van der Waals surface area (Å²) in [5.74, 6) is 0.368. The zero-order valence-corrected chi connectivity index (χ0v) is 16.8. The lowest BCUT2D eigenvalue weighted by atomic mass is 9.84. The van der Waals surface area contributed by atoms with Crippen LogP contribution in [0.1, 0.15) is 68.4 Å². The van der Waals surface area contributed by atoms with Gasteiger partial charge in [-0.25, -0.2) is 9.50 Å². The maximum absolute atomic E-state index is 13.2. The number of nitrogens with one attached hydrogen (secondary N) is 1. The maximum atomic E-state index is 13.2. The van der Waals surface area contributed by atoms with E-state index in [0.717, 1.165) is 56.5 Å². The van der Waals surface area contributed by atoms with Crippen molar-refractivity contribution in [2.24, 2.45) is 5.92 Å². The molecule has 4 heterocycles. The second kappa shape index (κ2) is 7.00. The van der Waals surface area contributed by atoms with Gasteiger partial charge in [0.05, 0.1) is 29.5 Å². The Hall–Kier alpha value is -2.64. The molecule has 0 radical (unpaired) electrons. The van der Waals surface area contributed by atoms with Crippen LogP contribution in [0.5, 0.6) is 0 Å². The van der Waals surface area contributed by atoms with E-state index in [9.17, 15) is 14.4 Å². The molecule has 0 aromatic carbocycles. The molecule has 1 N–H and O–H groups in total. The molecular weight excluding hydrogens is 370 g/mol. The summed E-state index contributed by atoms with van der Waals surface area (Å²) in [6.45, 7) is 3.31. The van der Waals surface area contributed by atoms with Gasteiger partial charge in [0.15, 0.2) is 5.65 Å². The maximum Gasteiger partial charge on any atom is 0.277 e. The molecule has 0 bridgehead atoms. The molecule has 2 amide bonds. The minimum absolute atomic E-state index is 0.0453. The van der Waals surface area contributed by atoms with Gasteiger partial charge in [0, 0.05) is 38.4 Å². The first-order valence-corrected chi connectivity index (χ1v) is 10.7. The summed E-state index contributed by atoms with van der Waals surface area (Å²) in [6, 6.07) is 1.86. The van der Waals surface area contributed by atoms with Gasteiger partial charge in [-0.2, -0.15) is 0 Å². The molecule has 5 rings (SSSR count). The first kappa shape index (κ1) is 18.4. The number of carbonyl (C=O) groups is 2. The highest BCUT2D eigenvalue weighted by atomic mass is 16.2. The van der Waals surface area contributed by atoms with Crippen LogP contribution in [0.25, 0.3) is 5.65 Å². The van der Waals surface area contributed by atoms with E-state index in [2.05, 4.69) is 5.10 Å². The van der Waals surface area contributed by atoms with E-state index >= 15 is 0 Å². The molecule has 0 unspecified atom stereocenters. The van der Waals surface area contributed by atoms with Crippen molar-refractivity contribution in [2.75, 3.05) is 13.1 Å². The SMILES string of the molecule is CC(=O)N1CCCC[C@@H]1c1cc2nc3c(c(=O)n2[nH]1)CN(C(=O)C1CCC1)CC3. The van der Waals surface area contributed by atoms with Crippen molar-refractivity contribution in [3.05, 3.63) is 33.4 Å². The number of aromatic nitrogens is 3. The molecule has 0 spiro atoms.